The molecule has 2 rings (SSSR count). The van der Waals surface area contributed by atoms with Gasteiger partial charge in [-0.2, -0.15) is 9.57 Å². The van der Waals surface area contributed by atoms with Crippen molar-refractivity contribution in [1.82, 2.24) is 4.31 Å². The maximum atomic E-state index is 12.9. The number of sulfonamides is 1. The molecule has 1 fully saturated rings. The molecule has 5 nitrogen and oxygen atoms in total. The molecule has 1 saturated heterocycles. The monoisotopic (exact) mass is 327 g/mol. The van der Waals surface area contributed by atoms with Crippen LogP contribution in [-0.2, 0) is 10.0 Å². The Hall–Kier alpha value is -1.13. The first-order valence-electron chi connectivity index (χ1n) is 6.92. The first-order chi connectivity index (χ1) is 10.0. The number of halogens is 1. The van der Waals surface area contributed by atoms with Crippen LogP contribution in [0.4, 0.5) is 0 Å². The second kappa shape index (κ2) is 6.75. The lowest BCUT2D eigenvalue weighted by atomic mass is 10.0. The van der Waals surface area contributed by atoms with Crippen LogP contribution in [0.15, 0.2) is 23.1 Å². The van der Waals surface area contributed by atoms with Crippen LogP contribution in [0, 0.1) is 11.3 Å². The smallest absolute Gasteiger partial charge is 0.244 e. The van der Waals surface area contributed by atoms with Gasteiger partial charge < -0.3 is 5.73 Å². The van der Waals surface area contributed by atoms with Gasteiger partial charge in [-0.15, -0.1) is 0 Å². The molecule has 114 valence electrons. The van der Waals surface area contributed by atoms with E-state index in [2.05, 4.69) is 0 Å². The van der Waals surface area contributed by atoms with E-state index in [4.69, 9.17) is 22.6 Å². The lowest BCUT2D eigenvalue weighted by molar-refractivity contribution is 0.243. The Morgan fingerprint density at radius 2 is 2.19 bits per heavy atom. The van der Waals surface area contributed by atoms with Crippen molar-refractivity contribution >= 4 is 21.6 Å². The minimum absolute atomic E-state index is 0.0126. The second-order valence-electron chi connectivity index (χ2n) is 5.09. The molecule has 0 spiro atoms. The molecule has 0 saturated carbocycles. The predicted molar refractivity (Wildman–Crippen MR) is 81.4 cm³/mol. The molecule has 2 N–H and O–H groups in total. The largest absolute Gasteiger partial charge is 0.330 e. The van der Waals surface area contributed by atoms with E-state index in [9.17, 15) is 8.42 Å². The molecule has 0 radical (unpaired) electrons. The summed E-state index contributed by atoms with van der Waals surface area (Å²) in [6.07, 6.45) is 3.25. The van der Waals surface area contributed by atoms with E-state index in [-0.39, 0.29) is 16.5 Å². The van der Waals surface area contributed by atoms with E-state index < -0.39 is 10.0 Å². The summed E-state index contributed by atoms with van der Waals surface area (Å²) < 4.78 is 27.2. The molecule has 1 aliphatic heterocycles. The number of nitriles is 1. The Balaban J connectivity index is 2.45. The molecule has 1 heterocycles. The Labute approximate surface area is 130 Å². The van der Waals surface area contributed by atoms with E-state index in [0.29, 0.717) is 24.5 Å². The van der Waals surface area contributed by atoms with Gasteiger partial charge >= 0.3 is 0 Å². The Morgan fingerprint density at radius 1 is 1.43 bits per heavy atom. The van der Waals surface area contributed by atoms with Crippen molar-refractivity contribution in [3.05, 3.63) is 28.8 Å². The highest BCUT2D eigenvalue weighted by atomic mass is 35.5. The summed E-state index contributed by atoms with van der Waals surface area (Å²) in [5, 5.41) is 9.45. The van der Waals surface area contributed by atoms with Crippen molar-refractivity contribution < 1.29 is 8.42 Å². The summed E-state index contributed by atoms with van der Waals surface area (Å²) in [5.74, 6) is 0. The van der Waals surface area contributed by atoms with Crippen molar-refractivity contribution in [2.24, 2.45) is 5.73 Å². The van der Waals surface area contributed by atoms with Crippen LogP contribution >= 0.6 is 11.6 Å². The third-order valence-electron chi connectivity index (χ3n) is 3.72. The zero-order chi connectivity index (χ0) is 15.5. The van der Waals surface area contributed by atoms with Crippen molar-refractivity contribution in [2.75, 3.05) is 13.1 Å². The third kappa shape index (κ3) is 3.38. The fraction of sp³-hybridized carbons (Fsp3) is 0.500. The van der Waals surface area contributed by atoms with E-state index in [1.165, 1.54) is 22.5 Å². The number of piperidine rings is 1. The van der Waals surface area contributed by atoms with Crippen molar-refractivity contribution in [3.63, 3.8) is 0 Å². The number of rotatable bonds is 4. The fourth-order valence-electron chi connectivity index (χ4n) is 2.70. The molecule has 1 unspecified atom stereocenters. The number of hydrogen-bond donors (Lipinski definition) is 1. The Kier molecular flexibility index (Phi) is 5.22. The van der Waals surface area contributed by atoms with Crippen LogP contribution in [0.3, 0.4) is 0 Å². The van der Waals surface area contributed by atoms with E-state index in [1.54, 1.807) is 0 Å². The van der Waals surface area contributed by atoms with Crippen LogP contribution in [-0.4, -0.2) is 31.9 Å². The number of benzene rings is 1. The zero-order valence-corrected chi connectivity index (χ0v) is 13.2. The summed E-state index contributed by atoms with van der Waals surface area (Å²) in [4.78, 5) is -0.0126. The van der Waals surface area contributed by atoms with Gasteiger partial charge in [-0.05, 0) is 44.0 Å². The molecule has 21 heavy (non-hydrogen) atoms. The van der Waals surface area contributed by atoms with Crippen LogP contribution in [0.2, 0.25) is 5.02 Å². The number of nitrogens with two attached hydrogens (primary N) is 1. The fourth-order valence-corrected chi connectivity index (χ4v) is 4.83. The lowest BCUT2D eigenvalue weighted by Crippen LogP contribution is -2.44. The van der Waals surface area contributed by atoms with Gasteiger partial charge in [0.1, 0.15) is 11.0 Å². The molecule has 0 aliphatic carbocycles. The van der Waals surface area contributed by atoms with Gasteiger partial charge in [0.05, 0.1) is 5.56 Å². The summed E-state index contributed by atoms with van der Waals surface area (Å²) in [5.41, 5.74) is 5.71. The average molecular weight is 328 g/mol. The highest BCUT2D eigenvalue weighted by Crippen LogP contribution is 2.29. The van der Waals surface area contributed by atoms with E-state index in [0.717, 1.165) is 19.3 Å². The van der Waals surface area contributed by atoms with Crippen molar-refractivity contribution in [3.8, 4) is 6.07 Å². The molecule has 7 heteroatoms. The molecular weight excluding hydrogens is 310 g/mol. The van der Waals surface area contributed by atoms with Gasteiger partial charge in [0.25, 0.3) is 0 Å². The van der Waals surface area contributed by atoms with Crippen LogP contribution in [0.25, 0.3) is 0 Å². The minimum atomic E-state index is -3.73. The van der Waals surface area contributed by atoms with Gasteiger partial charge in [0, 0.05) is 17.6 Å². The third-order valence-corrected chi connectivity index (χ3v) is 5.95. The summed E-state index contributed by atoms with van der Waals surface area (Å²) in [6.45, 7) is 0.904. The van der Waals surface area contributed by atoms with Crippen molar-refractivity contribution in [1.29, 1.82) is 5.26 Å². The van der Waals surface area contributed by atoms with Crippen LogP contribution in [0.1, 0.15) is 31.2 Å². The SMILES string of the molecule is N#Cc1ccc(Cl)cc1S(=O)(=O)N1CCCCC1CCN. The molecule has 1 aromatic carbocycles. The van der Waals surface area contributed by atoms with Crippen LogP contribution in [0.5, 0.6) is 0 Å². The van der Waals surface area contributed by atoms with Gasteiger partial charge in [0.2, 0.25) is 10.0 Å². The normalized spacial score (nSPS) is 20.1. The predicted octanol–water partition coefficient (Wildman–Crippen LogP) is 2.10. The summed E-state index contributed by atoms with van der Waals surface area (Å²) in [6, 6.07) is 6.14. The molecule has 0 bridgehead atoms. The maximum absolute atomic E-state index is 12.9. The molecular formula is C14H18ClN3O2S. The number of nitrogens with zero attached hydrogens (tertiary/aromatic N) is 2. The Morgan fingerprint density at radius 3 is 2.86 bits per heavy atom. The lowest BCUT2D eigenvalue weighted by Gasteiger charge is -2.34. The first kappa shape index (κ1) is 16.2. The van der Waals surface area contributed by atoms with Gasteiger partial charge in [-0.25, -0.2) is 8.42 Å². The molecule has 1 aliphatic rings. The molecule has 1 atom stereocenters. The zero-order valence-electron chi connectivity index (χ0n) is 11.6. The molecule has 0 aromatic heterocycles. The van der Waals surface area contributed by atoms with Gasteiger partial charge in [-0.1, -0.05) is 18.0 Å². The van der Waals surface area contributed by atoms with E-state index >= 15 is 0 Å². The standard InChI is InChI=1S/C14H18ClN3O2S/c15-12-5-4-11(10-17)14(9-12)21(19,20)18-8-2-1-3-13(18)6-7-16/h4-5,9,13H,1-3,6-8,16H2. The Bertz CT molecular complexity index is 653. The van der Waals surface area contributed by atoms with Crippen LogP contribution < -0.4 is 5.73 Å². The van der Waals surface area contributed by atoms with Gasteiger partial charge in [0.15, 0.2) is 0 Å². The minimum Gasteiger partial charge on any atom is -0.330 e. The quantitative estimate of drug-likeness (QED) is 0.917. The average Bonchev–Trinajstić information content (AvgIpc) is 2.48. The molecule has 0 amide bonds. The highest BCUT2D eigenvalue weighted by molar-refractivity contribution is 7.89. The van der Waals surface area contributed by atoms with Crippen molar-refractivity contribution in [2.45, 2.75) is 36.6 Å². The summed E-state index contributed by atoms with van der Waals surface area (Å²) >= 11 is 5.90. The number of hydrogen-bond acceptors (Lipinski definition) is 4. The first-order valence-corrected chi connectivity index (χ1v) is 8.74. The topological polar surface area (TPSA) is 87.2 Å². The second-order valence-corrected chi connectivity index (χ2v) is 7.39. The summed E-state index contributed by atoms with van der Waals surface area (Å²) in [7, 11) is -3.73. The van der Waals surface area contributed by atoms with Gasteiger partial charge in [-0.3, -0.25) is 0 Å². The maximum Gasteiger partial charge on any atom is 0.244 e. The highest BCUT2D eigenvalue weighted by Gasteiger charge is 2.34. The molecule has 1 aromatic rings. The van der Waals surface area contributed by atoms with E-state index in [1.807, 2.05) is 6.07 Å².